The molecular weight excluding hydrogens is 575 g/mol. The van der Waals surface area contributed by atoms with E-state index in [4.69, 9.17) is 27.6 Å². The smallest absolute Gasteiger partial charge is 0.329 e. The lowest BCUT2D eigenvalue weighted by Gasteiger charge is -2.21. The summed E-state index contributed by atoms with van der Waals surface area (Å²) in [6.07, 6.45) is 1.20. The molecule has 12 heteroatoms. The van der Waals surface area contributed by atoms with E-state index < -0.39 is 21.8 Å². The van der Waals surface area contributed by atoms with Crippen LogP contribution in [0.5, 0.6) is 0 Å². The first kappa shape index (κ1) is 29.0. The van der Waals surface area contributed by atoms with E-state index in [1.165, 1.54) is 34.8 Å². The summed E-state index contributed by atoms with van der Waals surface area (Å²) in [5.74, 6) is -1.32. The maximum absolute atomic E-state index is 13.5. The molecule has 0 aliphatic carbocycles. The molecule has 206 valence electrons. The minimum absolute atomic E-state index is 0.0669. The zero-order valence-corrected chi connectivity index (χ0v) is 23.5. The first-order valence-corrected chi connectivity index (χ1v) is 14.1. The maximum atomic E-state index is 13.5. The minimum Gasteiger partial charge on any atom is -0.459 e. The molecule has 2 N–H and O–H groups in total. The predicted molar refractivity (Wildman–Crippen MR) is 154 cm³/mol. The highest BCUT2D eigenvalue weighted by molar-refractivity contribution is 7.89. The highest BCUT2D eigenvalue weighted by Crippen LogP contribution is 2.23. The number of rotatable bonds is 9. The molecule has 0 aliphatic heterocycles. The van der Waals surface area contributed by atoms with Gasteiger partial charge in [0.15, 0.2) is 0 Å². The van der Waals surface area contributed by atoms with E-state index in [2.05, 4.69) is 15.8 Å². The van der Waals surface area contributed by atoms with E-state index in [0.29, 0.717) is 21.5 Å². The van der Waals surface area contributed by atoms with Crippen molar-refractivity contribution in [1.82, 2.24) is 9.73 Å². The molecule has 4 aromatic rings. The van der Waals surface area contributed by atoms with Crippen molar-refractivity contribution in [3.63, 3.8) is 0 Å². The number of aryl methyl sites for hydroxylation is 1. The van der Waals surface area contributed by atoms with Gasteiger partial charge in [0.05, 0.1) is 17.7 Å². The number of anilines is 1. The Morgan fingerprint density at radius 2 is 1.48 bits per heavy atom. The summed E-state index contributed by atoms with van der Waals surface area (Å²) in [7, 11) is -3.91. The number of hydrazone groups is 1. The Balaban J connectivity index is 1.44. The molecule has 1 aromatic heterocycles. The second kappa shape index (κ2) is 12.9. The van der Waals surface area contributed by atoms with Crippen molar-refractivity contribution in [3.8, 4) is 0 Å². The second-order valence-electron chi connectivity index (χ2n) is 8.68. The van der Waals surface area contributed by atoms with Crippen LogP contribution in [0.25, 0.3) is 0 Å². The maximum Gasteiger partial charge on any atom is 0.329 e. The van der Waals surface area contributed by atoms with Crippen molar-refractivity contribution in [2.75, 3.05) is 5.32 Å². The van der Waals surface area contributed by atoms with Gasteiger partial charge < -0.3 is 9.73 Å². The highest BCUT2D eigenvalue weighted by atomic mass is 35.5. The number of furan rings is 1. The van der Waals surface area contributed by atoms with Crippen LogP contribution in [-0.2, 0) is 32.7 Å². The fourth-order valence-electron chi connectivity index (χ4n) is 3.53. The number of halogens is 2. The Kier molecular flexibility index (Phi) is 9.38. The van der Waals surface area contributed by atoms with Gasteiger partial charge in [-0.3, -0.25) is 9.59 Å². The molecule has 4 rings (SSSR count). The molecule has 0 saturated carbocycles. The molecule has 0 saturated heterocycles. The molecule has 40 heavy (non-hydrogen) atoms. The van der Waals surface area contributed by atoms with Gasteiger partial charge in [-0.1, -0.05) is 53.0 Å². The average molecular weight is 599 g/mol. The number of benzene rings is 3. The van der Waals surface area contributed by atoms with Crippen LogP contribution in [0.2, 0.25) is 10.0 Å². The number of carbonyl (C=O) groups is 2. The molecule has 0 aliphatic rings. The van der Waals surface area contributed by atoms with Gasteiger partial charge in [0.1, 0.15) is 11.5 Å². The summed E-state index contributed by atoms with van der Waals surface area (Å²) in [5, 5.41) is 7.08. The van der Waals surface area contributed by atoms with Gasteiger partial charge in [0.25, 0.3) is 0 Å². The first-order chi connectivity index (χ1) is 19.1. The zero-order chi connectivity index (χ0) is 28.7. The van der Waals surface area contributed by atoms with Crippen molar-refractivity contribution < 1.29 is 22.4 Å². The number of sulfonamides is 1. The van der Waals surface area contributed by atoms with Crippen LogP contribution in [0.1, 0.15) is 22.6 Å². The molecule has 0 radical (unpaired) electrons. The average Bonchev–Trinajstić information content (AvgIpc) is 3.38. The van der Waals surface area contributed by atoms with Crippen molar-refractivity contribution in [1.29, 1.82) is 0 Å². The minimum atomic E-state index is -3.91. The van der Waals surface area contributed by atoms with Crippen LogP contribution >= 0.6 is 23.2 Å². The lowest BCUT2D eigenvalue weighted by atomic mass is 10.1. The van der Waals surface area contributed by atoms with Gasteiger partial charge in [0, 0.05) is 22.3 Å². The summed E-state index contributed by atoms with van der Waals surface area (Å²) in [5.41, 5.74) is 4.37. The number of amides is 2. The van der Waals surface area contributed by atoms with Crippen LogP contribution in [0.15, 0.2) is 99.3 Å². The Morgan fingerprint density at radius 1 is 0.850 bits per heavy atom. The van der Waals surface area contributed by atoms with Gasteiger partial charge in [-0.15, -0.1) is 0 Å². The normalized spacial score (nSPS) is 11.6. The third-order valence-corrected chi connectivity index (χ3v) is 7.92. The lowest BCUT2D eigenvalue weighted by molar-refractivity contribution is -0.136. The van der Waals surface area contributed by atoms with Crippen LogP contribution in [0.4, 0.5) is 5.69 Å². The van der Waals surface area contributed by atoms with Crippen molar-refractivity contribution >= 4 is 56.9 Å². The van der Waals surface area contributed by atoms with Gasteiger partial charge >= 0.3 is 11.8 Å². The number of nitrogens with one attached hydrogen (secondary N) is 2. The predicted octanol–water partition coefficient (Wildman–Crippen LogP) is 5.37. The van der Waals surface area contributed by atoms with E-state index in [1.54, 1.807) is 36.4 Å². The third-order valence-electron chi connectivity index (χ3n) is 5.61. The third kappa shape index (κ3) is 7.80. The van der Waals surface area contributed by atoms with Gasteiger partial charge in [-0.05, 0) is 73.2 Å². The van der Waals surface area contributed by atoms with E-state index in [0.717, 1.165) is 11.1 Å². The van der Waals surface area contributed by atoms with Crippen LogP contribution < -0.4 is 10.7 Å². The molecule has 2 amide bonds. The summed E-state index contributed by atoms with van der Waals surface area (Å²) < 4.78 is 34.0. The summed E-state index contributed by atoms with van der Waals surface area (Å²) in [6.45, 7) is 1.99. The quantitative estimate of drug-likeness (QED) is 0.152. The number of hydrogen-bond donors (Lipinski definition) is 2. The molecule has 0 bridgehead atoms. The highest BCUT2D eigenvalue weighted by Gasteiger charge is 2.26. The molecule has 0 unspecified atom stereocenters. The van der Waals surface area contributed by atoms with Crippen molar-refractivity contribution in [3.05, 3.63) is 118 Å². The molecular formula is C28H24Cl2N4O5S. The number of nitrogens with zero attached hydrogens (tertiary/aromatic N) is 2. The SMILES string of the molecule is Cc1ccc(CN(Cc2ccc(/C=N/NC(=O)C(=O)Nc3ccc(Cl)cc3)o2)S(=O)(=O)c2ccc(Cl)cc2)cc1. The van der Waals surface area contributed by atoms with Crippen LogP contribution in [0, 0.1) is 6.92 Å². The molecule has 0 atom stereocenters. The fraction of sp³-hybridized carbons (Fsp3) is 0.107. The second-order valence-corrected chi connectivity index (χ2v) is 11.5. The molecule has 9 nitrogen and oxygen atoms in total. The van der Waals surface area contributed by atoms with Gasteiger partial charge in [-0.25, -0.2) is 13.8 Å². The van der Waals surface area contributed by atoms with Crippen LogP contribution in [0.3, 0.4) is 0 Å². The summed E-state index contributed by atoms with van der Waals surface area (Å²) in [6, 6.07) is 22.9. The van der Waals surface area contributed by atoms with E-state index in [9.17, 15) is 18.0 Å². The molecule has 1 heterocycles. The zero-order valence-electron chi connectivity index (χ0n) is 21.2. The largest absolute Gasteiger partial charge is 0.459 e. The monoisotopic (exact) mass is 598 g/mol. The Hall–Kier alpha value is -3.96. The number of carbonyl (C=O) groups excluding carboxylic acids is 2. The van der Waals surface area contributed by atoms with Crippen molar-refractivity contribution in [2.45, 2.75) is 24.9 Å². The van der Waals surface area contributed by atoms with E-state index >= 15 is 0 Å². The van der Waals surface area contributed by atoms with Crippen molar-refractivity contribution in [2.24, 2.45) is 5.10 Å². The molecule has 0 spiro atoms. The topological polar surface area (TPSA) is 121 Å². The first-order valence-electron chi connectivity index (χ1n) is 11.9. The lowest BCUT2D eigenvalue weighted by Crippen LogP contribution is -2.32. The van der Waals surface area contributed by atoms with Gasteiger partial charge in [-0.2, -0.15) is 9.41 Å². The molecule has 3 aromatic carbocycles. The van der Waals surface area contributed by atoms with E-state index in [-0.39, 0.29) is 23.7 Å². The van der Waals surface area contributed by atoms with Crippen LogP contribution in [-0.4, -0.2) is 30.8 Å². The van der Waals surface area contributed by atoms with E-state index in [1.807, 2.05) is 31.2 Å². The standard InChI is InChI=1S/C28H24Cl2N4O5S/c1-19-2-4-20(5-3-19)17-34(40(37,38)26-14-8-22(30)9-15-26)18-25-13-12-24(39-25)16-31-33-28(36)27(35)32-23-10-6-21(29)7-11-23/h2-16H,17-18H2,1H3,(H,32,35)(H,33,36)/b31-16+. The Morgan fingerprint density at radius 3 is 2.12 bits per heavy atom. The number of hydrogen-bond acceptors (Lipinski definition) is 6. The molecule has 0 fully saturated rings. The Bertz CT molecular complexity index is 1620. The summed E-state index contributed by atoms with van der Waals surface area (Å²) in [4.78, 5) is 24.2. The fourth-order valence-corrected chi connectivity index (χ4v) is 5.17. The van der Waals surface area contributed by atoms with Gasteiger partial charge in [0.2, 0.25) is 10.0 Å². The summed E-state index contributed by atoms with van der Waals surface area (Å²) >= 11 is 11.8. The Labute approximate surface area is 241 Å².